The molecule has 0 spiro atoms. The van der Waals surface area contributed by atoms with Gasteiger partial charge in [-0.25, -0.2) is 0 Å². The molecule has 0 amide bonds. The second-order valence-corrected chi connectivity index (χ2v) is 25.7. The fourth-order valence-electron chi connectivity index (χ4n) is 12.3. The van der Waals surface area contributed by atoms with Crippen molar-refractivity contribution in [1.29, 1.82) is 0 Å². The fourth-order valence-corrected chi connectivity index (χ4v) is 12.3. The van der Waals surface area contributed by atoms with Crippen molar-refractivity contribution in [2.75, 3.05) is 26.4 Å². The van der Waals surface area contributed by atoms with Crippen LogP contribution in [-0.4, -0.2) is 26.4 Å². The standard InChI is InChI=1S/C88H104O6/c1-5-9-13-17-21-25-29-33-61-91-75-51-41-69(42-52-75)37-39-73-65-81-79(59-49-71-45-55-77(56-46-71)93-63-35-31-27-23-19-15-11-7-3)80(60-50-72-47-57-78(58-48-72)94-64-36-32-28-24-20-16-12-8-4)82-66-74(68-84-86(82)85(81)83(67-73)87(89)88(84)90)40-38-70-43-53-76(54-44-70)92-62-34-30-26-22-18-14-10-6-2/h41-48,51-58,65-68H,5-36,61-64H2,1-4H3. The number of benzene rings is 8. The average molecular weight is 1260 g/mol. The van der Waals surface area contributed by atoms with E-state index >= 15 is 0 Å². The summed E-state index contributed by atoms with van der Waals surface area (Å²) in [5.74, 6) is 30.9. The molecule has 492 valence electrons. The van der Waals surface area contributed by atoms with Crippen molar-refractivity contribution in [1.82, 2.24) is 0 Å². The molecule has 0 aliphatic heterocycles. The van der Waals surface area contributed by atoms with Gasteiger partial charge in [-0.2, -0.15) is 0 Å². The van der Waals surface area contributed by atoms with Gasteiger partial charge in [-0.15, -0.1) is 0 Å². The molecular weight excluding hydrogens is 1150 g/mol. The van der Waals surface area contributed by atoms with E-state index in [1.165, 1.54) is 167 Å². The Morgan fingerprint density at radius 3 is 0.681 bits per heavy atom. The minimum atomic E-state index is -0.599. The van der Waals surface area contributed by atoms with Gasteiger partial charge >= 0.3 is 0 Å². The van der Waals surface area contributed by atoms with Gasteiger partial charge in [0.15, 0.2) is 0 Å². The zero-order valence-corrected chi connectivity index (χ0v) is 57.5. The molecule has 0 fully saturated rings. The summed E-state index contributed by atoms with van der Waals surface area (Å²) in [6.45, 7) is 11.7. The van der Waals surface area contributed by atoms with E-state index in [9.17, 15) is 9.59 Å². The minimum absolute atomic E-state index is 0.292. The van der Waals surface area contributed by atoms with Gasteiger partial charge in [0.25, 0.3) is 0 Å². The predicted molar refractivity (Wildman–Crippen MR) is 396 cm³/mol. The van der Waals surface area contributed by atoms with Gasteiger partial charge in [-0.1, -0.05) is 255 Å². The van der Waals surface area contributed by atoms with Gasteiger partial charge < -0.3 is 18.9 Å². The summed E-state index contributed by atoms with van der Waals surface area (Å²) in [6, 6.07) is 39.2. The lowest BCUT2D eigenvalue weighted by atomic mass is 9.85. The van der Waals surface area contributed by atoms with Crippen molar-refractivity contribution in [3.8, 4) is 70.4 Å². The summed E-state index contributed by atoms with van der Waals surface area (Å²) >= 11 is 0. The largest absolute Gasteiger partial charge is 0.494 e. The van der Waals surface area contributed by atoms with E-state index in [2.05, 4.69) is 75.1 Å². The summed E-state index contributed by atoms with van der Waals surface area (Å²) < 4.78 is 24.7. The van der Waals surface area contributed by atoms with Crippen LogP contribution in [0.3, 0.4) is 0 Å². The molecule has 0 atom stereocenters. The van der Waals surface area contributed by atoms with Gasteiger partial charge in [0, 0.05) is 76.8 Å². The molecular formula is C88H104O6. The van der Waals surface area contributed by atoms with E-state index in [0.717, 1.165) is 83.8 Å². The average Bonchev–Trinajstić information content (AvgIpc) is 0.709. The second kappa shape index (κ2) is 41.5. The van der Waals surface area contributed by atoms with Crippen LogP contribution in [0.15, 0.2) is 131 Å². The molecule has 0 saturated carbocycles. The monoisotopic (exact) mass is 1260 g/mol. The first-order valence-corrected chi connectivity index (χ1v) is 36.6. The lowest BCUT2D eigenvalue weighted by Crippen LogP contribution is -2.24. The number of ether oxygens (including phenoxy) is 4. The molecule has 8 rings (SSSR count). The van der Waals surface area contributed by atoms with Crippen molar-refractivity contribution in [2.45, 2.75) is 233 Å². The van der Waals surface area contributed by atoms with Gasteiger partial charge in [0.05, 0.1) is 26.4 Å². The van der Waals surface area contributed by atoms with Crippen LogP contribution in [0.25, 0.3) is 32.3 Å². The first-order valence-electron chi connectivity index (χ1n) is 36.6. The van der Waals surface area contributed by atoms with Crippen LogP contribution >= 0.6 is 0 Å². The van der Waals surface area contributed by atoms with Gasteiger partial charge in [0.1, 0.15) is 23.0 Å². The zero-order valence-electron chi connectivity index (χ0n) is 57.5. The summed E-state index contributed by atoms with van der Waals surface area (Å²) in [5.41, 5.74) is 4.38. The minimum Gasteiger partial charge on any atom is -0.494 e. The molecule has 94 heavy (non-hydrogen) atoms. The Bertz CT molecular complexity index is 3650. The highest BCUT2D eigenvalue weighted by molar-refractivity contribution is 6.26. The smallest absolute Gasteiger partial charge is 0.234 e. The third kappa shape index (κ3) is 23.7. The maximum absolute atomic E-state index is 14.7. The van der Waals surface area contributed by atoms with E-state index in [1.54, 1.807) is 12.1 Å². The Labute approximate surface area is 564 Å². The van der Waals surface area contributed by atoms with E-state index < -0.39 is 10.9 Å². The van der Waals surface area contributed by atoms with Crippen LogP contribution in [-0.2, 0) is 0 Å². The van der Waals surface area contributed by atoms with Crippen LogP contribution in [0.1, 0.15) is 278 Å². The van der Waals surface area contributed by atoms with E-state index in [1.807, 2.05) is 109 Å². The highest BCUT2D eigenvalue weighted by Crippen LogP contribution is 2.39. The first-order chi connectivity index (χ1) is 46.3. The normalized spacial score (nSPS) is 11.0. The summed E-state index contributed by atoms with van der Waals surface area (Å²) in [6.07, 6.45) is 39.8. The Hall–Kier alpha value is -8.16. The maximum atomic E-state index is 14.7. The molecule has 0 aromatic heterocycles. The highest BCUT2D eigenvalue weighted by Gasteiger charge is 2.22. The fraction of sp³-hybridized carbons (Fsp3) is 0.455. The second-order valence-electron chi connectivity index (χ2n) is 25.7. The third-order valence-electron chi connectivity index (χ3n) is 17.9. The Morgan fingerprint density at radius 1 is 0.234 bits per heavy atom. The summed E-state index contributed by atoms with van der Waals surface area (Å²) in [5, 5.41) is 3.27. The van der Waals surface area contributed by atoms with Crippen LogP contribution in [0, 0.1) is 47.4 Å². The van der Waals surface area contributed by atoms with E-state index in [-0.39, 0.29) is 0 Å². The van der Waals surface area contributed by atoms with E-state index in [4.69, 9.17) is 18.9 Å². The molecule has 0 N–H and O–H groups in total. The number of hydrogen-bond donors (Lipinski definition) is 0. The molecule has 8 aromatic rings. The topological polar surface area (TPSA) is 71.1 Å². The highest BCUT2D eigenvalue weighted by atomic mass is 16.5. The number of hydrogen-bond acceptors (Lipinski definition) is 6. The number of rotatable bonds is 40. The third-order valence-corrected chi connectivity index (χ3v) is 17.9. The quantitative estimate of drug-likeness (QED) is 0.0165. The van der Waals surface area contributed by atoms with Crippen LogP contribution in [0.5, 0.6) is 23.0 Å². The predicted octanol–water partition coefficient (Wildman–Crippen LogP) is 22.4. The lowest BCUT2D eigenvalue weighted by Gasteiger charge is -2.15. The molecule has 6 nitrogen and oxygen atoms in total. The SMILES string of the molecule is CCCCCCCCCCOc1ccc(C#Cc2cc3c(C#Cc4ccc(OCCCCCCCCCC)cc4)c(C#Cc4ccc(OCCCCCCCCCC)cc4)c4cc(C#Cc5ccc(OCCCCCCCCCC)cc5)cc5c(=O)c(=O)c(c2)c3c45)cc1. The molecule has 0 aliphatic rings. The van der Waals surface area contributed by atoms with Crippen molar-refractivity contribution in [2.24, 2.45) is 0 Å². The van der Waals surface area contributed by atoms with Gasteiger partial charge in [0.2, 0.25) is 10.9 Å². The van der Waals surface area contributed by atoms with Crippen LogP contribution in [0.2, 0.25) is 0 Å². The van der Waals surface area contributed by atoms with Crippen molar-refractivity contribution in [3.05, 3.63) is 186 Å². The molecule has 0 aliphatic carbocycles. The first kappa shape index (κ1) is 71.7. The zero-order chi connectivity index (χ0) is 65.6. The van der Waals surface area contributed by atoms with Gasteiger partial charge in [-0.05, 0) is 147 Å². The van der Waals surface area contributed by atoms with Crippen molar-refractivity contribution in [3.63, 3.8) is 0 Å². The Kier molecular flexibility index (Phi) is 31.7. The Morgan fingerprint density at radius 2 is 0.436 bits per heavy atom. The van der Waals surface area contributed by atoms with Gasteiger partial charge in [-0.3, -0.25) is 9.59 Å². The molecule has 0 unspecified atom stereocenters. The molecule has 0 saturated heterocycles. The number of unbranched alkanes of at least 4 members (excludes halogenated alkanes) is 28. The van der Waals surface area contributed by atoms with Crippen LogP contribution < -0.4 is 29.8 Å². The van der Waals surface area contributed by atoms with Crippen LogP contribution in [0.4, 0.5) is 0 Å². The molecule has 0 heterocycles. The molecule has 0 radical (unpaired) electrons. The lowest BCUT2D eigenvalue weighted by molar-refractivity contribution is 0.304. The molecule has 0 bridgehead atoms. The summed E-state index contributed by atoms with van der Waals surface area (Å²) in [7, 11) is 0. The van der Waals surface area contributed by atoms with Crippen molar-refractivity contribution < 1.29 is 18.9 Å². The summed E-state index contributed by atoms with van der Waals surface area (Å²) in [4.78, 5) is 29.5. The maximum Gasteiger partial charge on any atom is 0.234 e. The van der Waals surface area contributed by atoms with E-state index in [0.29, 0.717) is 81.0 Å². The molecule has 8 aromatic carbocycles. The Balaban J connectivity index is 1.14. The molecule has 6 heteroatoms. The van der Waals surface area contributed by atoms with Crippen molar-refractivity contribution >= 4 is 32.3 Å².